The molecule has 0 amide bonds. The van der Waals surface area contributed by atoms with E-state index < -0.39 is 0 Å². The molecule has 0 fully saturated rings. The maximum atomic E-state index is 9.52. The van der Waals surface area contributed by atoms with Crippen LogP contribution in [0.4, 0.5) is 5.82 Å². The van der Waals surface area contributed by atoms with Crippen molar-refractivity contribution in [2.75, 3.05) is 18.5 Å². The Hall–Kier alpha value is -1.92. The number of aliphatic hydroxyl groups excluding tert-OH is 1. The molecular formula is C15H17N3O2S. The highest BCUT2D eigenvalue weighted by Crippen LogP contribution is 2.25. The quantitative estimate of drug-likeness (QED) is 0.732. The molecule has 2 N–H and O–H groups in total. The molecule has 5 nitrogen and oxygen atoms in total. The summed E-state index contributed by atoms with van der Waals surface area (Å²) in [7, 11) is 0. The van der Waals surface area contributed by atoms with Crippen molar-refractivity contribution < 1.29 is 9.52 Å². The molecular weight excluding hydrogens is 286 g/mol. The first kappa shape index (κ1) is 14.0. The number of nitrogens with one attached hydrogen (secondary N) is 1. The minimum absolute atomic E-state index is 0.0834. The molecule has 0 aliphatic carbocycles. The van der Waals surface area contributed by atoms with Crippen LogP contribution >= 0.6 is 11.3 Å². The van der Waals surface area contributed by atoms with E-state index in [-0.39, 0.29) is 12.5 Å². The average Bonchev–Trinajstić information content (AvgIpc) is 3.13. The monoisotopic (exact) mass is 303 g/mol. The highest BCUT2D eigenvalue weighted by atomic mass is 32.1. The smallest absolute Gasteiger partial charge is 0.138 e. The number of hydrogen-bond donors (Lipinski definition) is 2. The van der Waals surface area contributed by atoms with Crippen LogP contribution in [-0.2, 0) is 6.42 Å². The number of aryl methyl sites for hydroxylation is 1. The van der Waals surface area contributed by atoms with Crippen LogP contribution in [0.5, 0.6) is 0 Å². The fraction of sp³-hybridized carbons (Fsp3) is 0.333. The van der Waals surface area contributed by atoms with Crippen LogP contribution in [0.2, 0.25) is 0 Å². The third-order valence-corrected chi connectivity index (χ3v) is 4.13. The van der Waals surface area contributed by atoms with E-state index >= 15 is 0 Å². The molecule has 3 rings (SSSR count). The predicted molar refractivity (Wildman–Crippen MR) is 83.6 cm³/mol. The summed E-state index contributed by atoms with van der Waals surface area (Å²) in [4.78, 5) is 9.85. The molecule has 0 spiro atoms. The summed E-state index contributed by atoms with van der Waals surface area (Å²) in [5.74, 6) is 2.55. The summed E-state index contributed by atoms with van der Waals surface area (Å²) >= 11 is 1.60. The maximum absolute atomic E-state index is 9.52. The third-order valence-electron chi connectivity index (χ3n) is 3.32. The maximum Gasteiger partial charge on any atom is 0.138 e. The molecule has 3 heterocycles. The van der Waals surface area contributed by atoms with E-state index in [9.17, 15) is 5.11 Å². The number of hydrogen-bond acceptors (Lipinski definition) is 6. The van der Waals surface area contributed by atoms with Gasteiger partial charge in [0.2, 0.25) is 0 Å². The van der Waals surface area contributed by atoms with Crippen LogP contribution in [0.3, 0.4) is 0 Å². The van der Waals surface area contributed by atoms with Gasteiger partial charge in [0.05, 0.1) is 11.6 Å². The van der Waals surface area contributed by atoms with Gasteiger partial charge in [-0.05, 0) is 30.5 Å². The standard InChI is InChI=1S/C15H17N3O2S/c1-10-17-14(13-4-6-21-15(13)18-10)16-8-11(9-19)7-12-3-2-5-20-12/h2-6,11,19H,7-9H2,1H3,(H,16,17,18). The van der Waals surface area contributed by atoms with Crippen molar-refractivity contribution >= 4 is 27.4 Å². The van der Waals surface area contributed by atoms with E-state index in [0.717, 1.165) is 27.6 Å². The summed E-state index contributed by atoms with van der Waals surface area (Å²) in [6.07, 6.45) is 2.35. The Balaban J connectivity index is 1.71. The van der Waals surface area contributed by atoms with Gasteiger partial charge in [-0.25, -0.2) is 9.97 Å². The van der Waals surface area contributed by atoms with Crippen LogP contribution in [-0.4, -0.2) is 28.2 Å². The largest absolute Gasteiger partial charge is 0.469 e. The van der Waals surface area contributed by atoms with Crippen molar-refractivity contribution in [3.8, 4) is 0 Å². The van der Waals surface area contributed by atoms with Gasteiger partial charge in [0.25, 0.3) is 0 Å². The highest BCUT2D eigenvalue weighted by Gasteiger charge is 2.13. The van der Waals surface area contributed by atoms with Gasteiger partial charge in [-0.2, -0.15) is 0 Å². The molecule has 0 bridgehead atoms. The molecule has 0 radical (unpaired) electrons. The van der Waals surface area contributed by atoms with Gasteiger partial charge in [-0.15, -0.1) is 11.3 Å². The lowest BCUT2D eigenvalue weighted by Gasteiger charge is -2.15. The first-order valence-electron chi connectivity index (χ1n) is 6.85. The molecule has 0 saturated carbocycles. The second-order valence-corrected chi connectivity index (χ2v) is 5.87. The van der Waals surface area contributed by atoms with Crippen molar-refractivity contribution in [3.63, 3.8) is 0 Å². The van der Waals surface area contributed by atoms with E-state index in [4.69, 9.17) is 4.42 Å². The number of furan rings is 1. The van der Waals surface area contributed by atoms with Crippen molar-refractivity contribution in [3.05, 3.63) is 41.4 Å². The van der Waals surface area contributed by atoms with Crippen molar-refractivity contribution in [1.82, 2.24) is 9.97 Å². The Labute approximate surface area is 126 Å². The summed E-state index contributed by atoms with van der Waals surface area (Å²) < 4.78 is 5.33. The number of aliphatic hydroxyl groups is 1. The van der Waals surface area contributed by atoms with Crippen LogP contribution in [0, 0.1) is 12.8 Å². The second kappa shape index (κ2) is 6.24. The Morgan fingerprint density at radius 1 is 1.38 bits per heavy atom. The van der Waals surface area contributed by atoms with E-state index in [1.54, 1.807) is 17.6 Å². The summed E-state index contributed by atoms with van der Waals surface area (Å²) in [5, 5.41) is 15.9. The third kappa shape index (κ3) is 3.22. The van der Waals surface area contributed by atoms with Gasteiger partial charge >= 0.3 is 0 Å². The zero-order chi connectivity index (χ0) is 14.7. The number of fused-ring (bicyclic) bond motifs is 1. The van der Waals surface area contributed by atoms with Crippen molar-refractivity contribution in [2.24, 2.45) is 5.92 Å². The SMILES string of the molecule is Cc1nc(NCC(CO)Cc2ccco2)c2ccsc2n1. The Morgan fingerprint density at radius 3 is 3.05 bits per heavy atom. The van der Waals surface area contributed by atoms with Gasteiger partial charge in [0.1, 0.15) is 22.2 Å². The summed E-state index contributed by atoms with van der Waals surface area (Å²) in [6.45, 7) is 2.62. The van der Waals surface area contributed by atoms with E-state index in [1.165, 1.54) is 0 Å². The molecule has 0 aliphatic rings. The topological polar surface area (TPSA) is 71.2 Å². The average molecular weight is 303 g/mol. The number of aromatic nitrogens is 2. The van der Waals surface area contributed by atoms with Gasteiger partial charge in [-0.1, -0.05) is 0 Å². The number of anilines is 1. The van der Waals surface area contributed by atoms with Crippen molar-refractivity contribution in [1.29, 1.82) is 0 Å². The molecule has 110 valence electrons. The van der Waals surface area contributed by atoms with Gasteiger partial charge in [-0.3, -0.25) is 0 Å². The zero-order valence-corrected chi connectivity index (χ0v) is 12.6. The van der Waals surface area contributed by atoms with Gasteiger partial charge in [0.15, 0.2) is 0 Å². The minimum atomic E-state index is 0.0834. The van der Waals surface area contributed by atoms with E-state index in [2.05, 4.69) is 15.3 Å². The van der Waals surface area contributed by atoms with Gasteiger partial charge in [0, 0.05) is 25.5 Å². The first-order chi connectivity index (χ1) is 10.3. The Bertz CT molecular complexity index is 709. The molecule has 0 aliphatic heterocycles. The number of rotatable bonds is 6. The fourth-order valence-corrected chi connectivity index (χ4v) is 3.06. The van der Waals surface area contributed by atoms with Crippen LogP contribution in [0.25, 0.3) is 10.2 Å². The molecule has 3 aromatic rings. The lowest BCUT2D eigenvalue weighted by molar-refractivity contribution is 0.226. The molecule has 3 aromatic heterocycles. The van der Waals surface area contributed by atoms with Crippen LogP contribution in [0.1, 0.15) is 11.6 Å². The lowest BCUT2D eigenvalue weighted by atomic mass is 10.1. The van der Waals surface area contributed by atoms with Gasteiger partial charge < -0.3 is 14.8 Å². The summed E-state index contributed by atoms with van der Waals surface area (Å²) in [5.41, 5.74) is 0. The van der Waals surface area contributed by atoms with Crippen LogP contribution < -0.4 is 5.32 Å². The minimum Gasteiger partial charge on any atom is -0.469 e. The number of nitrogens with zero attached hydrogens (tertiary/aromatic N) is 2. The molecule has 6 heteroatoms. The van der Waals surface area contributed by atoms with Crippen LogP contribution in [0.15, 0.2) is 34.3 Å². The normalized spacial score (nSPS) is 12.7. The Kier molecular flexibility index (Phi) is 4.17. The lowest BCUT2D eigenvalue weighted by Crippen LogP contribution is -2.20. The predicted octanol–water partition coefficient (Wildman–Crippen LogP) is 2.86. The molecule has 1 atom stereocenters. The zero-order valence-electron chi connectivity index (χ0n) is 11.7. The molecule has 0 aromatic carbocycles. The first-order valence-corrected chi connectivity index (χ1v) is 7.73. The Morgan fingerprint density at radius 2 is 2.29 bits per heavy atom. The molecule has 1 unspecified atom stereocenters. The molecule has 0 saturated heterocycles. The number of thiophene rings is 1. The molecule has 21 heavy (non-hydrogen) atoms. The van der Waals surface area contributed by atoms with E-state index in [1.807, 2.05) is 30.5 Å². The van der Waals surface area contributed by atoms with Crippen molar-refractivity contribution in [2.45, 2.75) is 13.3 Å². The fourth-order valence-electron chi connectivity index (χ4n) is 2.25. The highest BCUT2D eigenvalue weighted by molar-refractivity contribution is 7.16. The summed E-state index contributed by atoms with van der Waals surface area (Å²) in [6, 6.07) is 5.80. The second-order valence-electron chi connectivity index (χ2n) is 4.97. The van der Waals surface area contributed by atoms with E-state index in [0.29, 0.717) is 13.0 Å².